The summed E-state index contributed by atoms with van der Waals surface area (Å²) in [6.45, 7) is 1.84. The zero-order chi connectivity index (χ0) is 16.3. The van der Waals surface area contributed by atoms with Crippen LogP contribution < -0.4 is 10.0 Å². The van der Waals surface area contributed by atoms with Crippen LogP contribution in [0, 0.1) is 6.92 Å². The van der Waals surface area contributed by atoms with E-state index in [-0.39, 0.29) is 10.5 Å². The fraction of sp³-hybridized carbons (Fsp3) is 0.133. The van der Waals surface area contributed by atoms with Crippen LogP contribution in [0.4, 0.5) is 5.69 Å². The molecule has 0 atom stereocenters. The summed E-state index contributed by atoms with van der Waals surface area (Å²) in [5, 5.41) is 3.23. The highest BCUT2D eigenvalue weighted by Crippen LogP contribution is 2.21. The van der Waals surface area contributed by atoms with Crippen LogP contribution in [0.15, 0.2) is 47.4 Å². The Labute approximate surface area is 134 Å². The van der Waals surface area contributed by atoms with Crippen molar-refractivity contribution >= 4 is 33.2 Å². The molecule has 2 rings (SSSR count). The first-order chi connectivity index (χ1) is 10.3. The average molecular weight is 339 g/mol. The van der Waals surface area contributed by atoms with Crippen LogP contribution in [0.25, 0.3) is 0 Å². The summed E-state index contributed by atoms with van der Waals surface area (Å²) < 4.78 is 25.8. The van der Waals surface area contributed by atoms with Gasteiger partial charge in [0.1, 0.15) is 0 Å². The lowest BCUT2D eigenvalue weighted by atomic mass is 10.1. The molecule has 0 radical (unpaired) electrons. The van der Waals surface area contributed by atoms with Gasteiger partial charge in [0, 0.05) is 16.3 Å². The van der Waals surface area contributed by atoms with Crippen molar-refractivity contribution in [1.29, 1.82) is 0 Å². The molecular weight excluding hydrogens is 324 g/mol. The number of hydrogen-bond donors (Lipinski definition) is 2. The molecule has 2 N–H and O–H groups in total. The highest BCUT2D eigenvalue weighted by Gasteiger charge is 2.14. The van der Waals surface area contributed by atoms with Crippen LogP contribution in [0.2, 0.25) is 5.02 Å². The van der Waals surface area contributed by atoms with E-state index < -0.39 is 15.9 Å². The number of aryl methyl sites for hydroxylation is 1. The molecule has 0 fully saturated rings. The van der Waals surface area contributed by atoms with Gasteiger partial charge in [0.25, 0.3) is 5.91 Å². The summed E-state index contributed by atoms with van der Waals surface area (Å²) in [6.07, 6.45) is 0. The zero-order valence-corrected chi connectivity index (χ0v) is 13.6. The minimum atomic E-state index is -3.59. The van der Waals surface area contributed by atoms with Gasteiger partial charge in [0.2, 0.25) is 10.0 Å². The summed E-state index contributed by atoms with van der Waals surface area (Å²) >= 11 is 5.91. The minimum absolute atomic E-state index is 0.0328. The van der Waals surface area contributed by atoms with Crippen molar-refractivity contribution in [2.24, 2.45) is 0 Å². The molecule has 0 heterocycles. The molecular formula is C15H15ClN2O3S. The molecule has 0 saturated carbocycles. The maximum absolute atomic E-state index is 12.3. The van der Waals surface area contributed by atoms with Gasteiger partial charge < -0.3 is 5.32 Å². The largest absolute Gasteiger partial charge is 0.322 e. The van der Waals surface area contributed by atoms with Gasteiger partial charge in [-0.25, -0.2) is 13.1 Å². The molecule has 5 nitrogen and oxygen atoms in total. The Morgan fingerprint density at radius 3 is 2.55 bits per heavy atom. The Hall–Kier alpha value is -1.89. The predicted octanol–water partition coefficient (Wildman–Crippen LogP) is 2.81. The van der Waals surface area contributed by atoms with Gasteiger partial charge >= 0.3 is 0 Å². The third-order valence-electron chi connectivity index (χ3n) is 3.12. The molecule has 0 aliphatic rings. The van der Waals surface area contributed by atoms with Gasteiger partial charge in [-0.05, 0) is 49.9 Å². The molecule has 0 saturated heterocycles. The second-order valence-corrected chi connectivity index (χ2v) is 6.97. The Kier molecular flexibility index (Phi) is 4.85. The molecule has 0 bridgehead atoms. The smallest absolute Gasteiger partial charge is 0.255 e. The summed E-state index contributed by atoms with van der Waals surface area (Å²) in [6, 6.07) is 11.0. The number of sulfonamides is 1. The lowest BCUT2D eigenvalue weighted by molar-refractivity contribution is 0.102. The highest BCUT2D eigenvalue weighted by atomic mass is 35.5. The molecule has 116 valence electrons. The topological polar surface area (TPSA) is 75.3 Å². The van der Waals surface area contributed by atoms with Crippen LogP contribution in [0.3, 0.4) is 0 Å². The minimum Gasteiger partial charge on any atom is -0.322 e. The quantitative estimate of drug-likeness (QED) is 0.900. The van der Waals surface area contributed by atoms with Crippen LogP contribution >= 0.6 is 11.6 Å². The van der Waals surface area contributed by atoms with Gasteiger partial charge in [-0.15, -0.1) is 0 Å². The monoisotopic (exact) mass is 338 g/mol. The van der Waals surface area contributed by atoms with Crippen LogP contribution in [0.1, 0.15) is 15.9 Å². The lowest BCUT2D eigenvalue weighted by Gasteiger charge is -2.10. The fourth-order valence-corrected chi connectivity index (χ4v) is 2.79. The van der Waals surface area contributed by atoms with E-state index in [1.165, 1.54) is 25.2 Å². The SMILES string of the molecule is CNS(=O)(=O)c1cccc(C(=O)Nc2cc(Cl)ccc2C)c1. The van der Waals surface area contributed by atoms with E-state index in [2.05, 4.69) is 10.0 Å². The van der Waals surface area contributed by atoms with Crippen molar-refractivity contribution in [1.82, 2.24) is 4.72 Å². The number of anilines is 1. The normalized spacial score (nSPS) is 11.2. The Morgan fingerprint density at radius 2 is 1.86 bits per heavy atom. The van der Waals surface area contributed by atoms with E-state index >= 15 is 0 Å². The van der Waals surface area contributed by atoms with E-state index in [1.54, 1.807) is 24.3 Å². The molecule has 2 aromatic rings. The Balaban J connectivity index is 2.31. The predicted molar refractivity (Wildman–Crippen MR) is 86.8 cm³/mol. The van der Waals surface area contributed by atoms with E-state index in [4.69, 9.17) is 11.6 Å². The number of carbonyl (C=O) groups excluding carboxylic acids is 1. The summed E-state index contributed by atoms with van der Waals surface area (Å²) in [7, 11) is -2.28. The molecule has 1 amide bonds. The number of nitrogens with one attached hydrogen (secondary N) is 2. The first-order valence-electron chi connectivity index (χ1n) is 6.44. The van der Waals surface area contributed by atoms with Crippen molar-refractivity contribution in [3.8, 4) is 0 Å². The lowest BCUT2D eigenvalue weighted by Crippen LogP contribution is -2.19. The van der Waals surface area contributed by atoms with Crippen LogP contribution in [-0.2, 0) is 10.0 Å². The van der Waals surface area contributed by atoms with Crippen molar-refractivity contribution in [2.75, 3.05) is 12.4 Å². The van der Waals surface area contributed by atoms with E-state index in [0.29, 0.717) is 10.7 Å². The molecule has 0 unspecified atom stereocenters. The molecule has 7 heteroatoms. The fourth-order valence-electron chi connectivity index (χ4n) is 1.85. The van der Waals surface area contributed by atoms with E-state index in [0.717, 1.165) is 5.56 Å². The maximum atomic E-state index is 12.3. The van der Waals surface area contributed by atoms with E-state index in [1.807, 2.05) is 6.92 Å². The van der Waals surface area contributed by atoms with Gasteiger partial charge in [-0.3, -0.25) is 4.79 Å². The first kappa shape index (κ1) is 16.5. The number of carbonyl (C=O) groups is 1. The van der Waals surface area contributed by atoms with Crippen molar-refractivity contribution in [3.63, 3.8) is 0 Å². The first-order valence-corrected chi connectivity index (χ1v) is 8.31. The molecule has 0 aliphatic heterocycles. The second-order valence-electron chi connectivity index (χ2n) is 4.65. The van der Waals surface area contributed by atoms with Crippen LogP contribution in [-0.4, -0.2) is 21.4 Å². The van der Waals surface area contributed by atoms with Crippen molar-refractivity contribution < 1.29 is 13.2 Å². The third kappa shape index (κ3) is 3.65. The molecule has 2 aromatic carbocycles. The summed E-state index contributed by atoms with van der Waals surface area (Å²) in [4.78, 5) is 12.3. The maximum Gasteiger partial charge on any atom is 0.255 e. The van der Waals surface area contributed by atoms with Crippen molar-refractivity contribution in [2.45, 2.75) is 11.8 Å². The van der Waals surface area contributed by atoms with Gasteiger partial charge in [0.05, 0.1) is 4.90 Å². The summed E-state index contributed by atoms with van der Waals surface area (Å²) in [5.74, 6) is -0.404. The van der Waals surface area contributed by atoms with Crippen molar-refractivity contribution in [3.05, 3.63) is 58.6 Å². The number of amides is 1. The van der Waals surface area contributed by atoms with Gasteiger partial charge in [-0.2, -0.15) is 0 Å². The molecule has 0 spiro atoms. The van der Waals surface area contributed by atoms with Gasteiger partial charge in [0.15, 0.2) is 0 Å². The number of hydrogen-bond acceptors (Lipinski definition) is 3. The molecule has 0 aromatic heterocycles. The number of halogens is 1. The highest BCUT2D eigenvalue weighted by molar-refractivity contribution is 7.89. The number of benzene rings is 2. The number of rotatable bonds is 4. The van der Waals surface area contributed by atoms with E-state index in [9.17, 15) is 13.2 Å². The summed E-state index contributed by atoms with van der Waals surface area (Å²) in [5.41, 5.74) is 1.69. The van der Waals surface area contributed by atoms with Crippen LogP contribution in [0.5, 0.6) is 0 Å². The third-order valence-corrected chi connectivity index (χ3v) is 4.77. The average Bonchev–Trinajstić information content (AvgIpc) is 2.51. The second kappa shape index (κ2) is 6.48. The zero-order valence-electron chi connectivity index (χ0n) is 12.1. The van der Waals surface area contributed by atoms with Gasteiger partial charge in [-0.1, -0.05) is 23.7 Å². The Bertz CT molecular complexity index is 819. The molecule has 22 heavy (non-hydrogen) atoms. The Morgan fingerprint density at radius 1 is 1.14 bits per heavy atom. The molecule has 0 aliphatic carbocycles. The standard InChI is InChI=1S/C15H15ClN2O3S/c1-10-6-7-12(16)9-14(10)18-15(19)11-4-3-5-13(8-11)22(20,21)17-2/h3-9,17H,1-2H3,(H,18,19).